The first kappa shape index (κ1) is 11.3. The van der Waals surface area contributed by atoms with Crippen LogP contribution in [0.4, 0.5) is 0 Å². The van der Waals surface area contributed by atoms with E-state index in [1.54, 1.807) is 25.1 Å². The van der Waals surface area contributed by atoms with Gasteiger partial charge in [0.15, 0.2) is 16.5 Å². The zero-order valence-electron chi connectivity index (χ0n) is 8.73. The zero-order valence-corrected chi connectivity index (χ0v) is 10.3. The van der Waals surface area contributed by atoms with E-state index in [0.29, 0.717) is 30.3 Å². The molecule has 0 saturated carbocycles. The third-order valence-electron chi connectivity index (χ3n) is 2.05. The number of hydrogen-bond acceptors (Lipinski definition) is 4. The quantitative estimate of drug-likeness (QED) is 0.618. The average Bonchev–Trinajstić information content (AvgIpc) is 2.27. The second kappa shape index (κ2) is 4.74. The standard InChI is InChI=1S/C11H11BrO4/c1-7(12)16-11(13)8-2-3-9-10(6-8)15-5-4-14-9/h2-3,6-7H,4-5H2,1H3. The maximum Gasteiger partial charge on any atom is 0.339 e. The number of esters is 1. The van der Waals surface area contributed by atoms with Gasteiger partial charge in [-0.15, -0.1) is 0 Å². The molecule has 1 aliphatic rings. The molecular weight excluding hydrogens is 276 g/mol. The van der Waals surface area contributed by atoms with Crippen LogP contribution < -0.4 is 9.47 Å². The second-order valence-corrected chi connectivity index (χ2v) is 4.60. The van der Waals surface area contributed by atoms with Crippen molar-refractivity contribution in [3.8, 4) is 11.5 Å². The lowest BCUT2D eigenvalue weighted by Gasteiger charge is -2.18. The van der Waals surface area contributed by atoms with Gasteiger partial charge in [0.1, 0.15) is 13.2 Å². The average molecular weight is 287 g/mol. The van der Waals surface area contributed by atoms with Gasteiger partial charge in [0, 0.05) is 0 Å². The number of rotatable bonds is 2. The van der Waals surface area contributed by atoms with Crippen molar-refractivity contribution in [2.45, 2.75) is 11.9 Å². The fourth-order valence-electron chi connectivity index (χ4n) is 1.39. The normalized spacial score (nSPS) is 15.4. The van der Waals surface area contributed by atoms with Crippen LogP contribution in [-0.4, -0.2) is 24.2 Å². The van der Waals surface area contributed by atoms with Gasteiger partial charge in [-0.25, -0.2) is 4.79 Å². The zero-order chi connectivity index (χ0) is 11.5. The molecule has 0 N–H and O–H groups in total. The predicted molar refractivity (Wildman–Crippen MR) is 61.2 cm³/mol. The molecule has 1 heterocycles. The van der Waals surface area contributed by atoms with E-state index in [9.17, 15) is 4.79 Å². The molecule has 1 atom stereocenters. The summed E-state index contributed by atoms with van der Waals surface area (Å²) in [7, 11) is 0. The van der Waals surface area contributed by atoms with Crippen molar-refractivity contribution < 1.29 is 19.0 Å². The van der Waals surface area contributed by atoms with Gasteiger partial charge < -0.3 is 14.2 Å². The van der Waals surface area contributed by atoms with Gasteiger partial charge in [0.2, 0.25) is 0 Å². The Morgan fingerprint density at radius 2 is 2.06 bits per heavy atom. The Kier molecular flexibility index (Phi) is 3.33. The van der Waals surface area contributed by atoms with Crippen LogP contribution in [-0.2, 0) is 4.74 Å². The third kappa shape index (κ3) is 2.47. The SMILES string of the molecule is CC(Br)OC(=O)c1ccc2c(c1)OCCO2. The number of alkyl halides is 1. The summed E-state index contributed by atoms with van der Waals surface area (Å²) < 4.78 is 15.7. The summed E-state index contributed by atoms with van der Waals surface area (Å²) in [6, 6.07) is 5.00. The molecular formula is C11H11BrO4. The van der Waals surface area contributed by atoms with E-state index in [2.05, 4.69) is 15.9 Å². The molecule has 0 fully saturated rings. The Morgan fingerprint density at radius 1 is 1.38 bits per heavy atom. The molecule has 0 aromatic heterocycles. The minimum atomic E-state index is -0.388. The molecule has 1 unspecified atom stereocenters. The molecule has 1 aromatic rings. The number of carbonyl (C=O) groups excluding carboxylic acids is 1. The number of hydrogen-bond donors (Lipinski definition) is 0. The lowest BCUT2D eigenvalue weighted by atomic mass is 10.2. The van der Waals surface area contributed by atoms with Crippen LogP contribution in [0.3, 0.4) is 0 Å². The van der Waals surface area contributed by atoms with Crippen molar-refractivity contribution in [3.05, 3.63) is 23.8 Å². The lowest BCUT2D eigenvalue weighted by molar-refractivity contribution is 0.0489. The predicted octanol–water partition coefficient (Wildman–Crippen LogP) is 2.36. The van der Waals surface area contributed by atoms with Crippen molar-refractivity contribution >= 4 is 21.9 Å². The summed E-state index contributed by atoms with van der Waals surface area (Å²) in [6.07, 6.45) is 0. The molecule has 1 aliphatic heterocycles. The van der Waals surface area contributed by atoms with Crippen LogP contribution in [0.5, 0.6) is 11.5 Å². The molecule has 86 valence electrons. The van der Waals surface area contributed by atoms with Gasteiger partial charge in [-0.2, -0.15) is 0 Å². The Morgan fingerprint density at radius 3 is 2.75 bits per heavy atom. The Bertz CT molecular complexity index is 403. The smallest absolute Gasteiger partial charge is 0.339 e. The number of ether oxygens (including phenoxy) is 3. The van der Waals surface area contributed by atoms with Crippen LogP contribution in [0, 0.1) is 0 Å². The highest BCUT2D eigenvalue weighted by Crippen LogP contribution is 2.31. The van der Waals surface area contributed by atoms with Crippen molar-refractivity contribution in [1.29, 1.82) is 0 Å². The molecule has 2 rings (SSSR count). The molecule has 16 heavy (non-hydrogen) atoms. The topological polar surface area (TPSA) is 44.8 Å². The van der Waals surface area contributed by atoms with Crippen LogP contribution in [0.2, 0.25) is 0 Å². The van der Waals surface area contributed by atoms with E-state index in [1.165, 1.54) is 0 Å². The third-order valence-corrected chi connectivity index (χ3v) is 2.23. The molecule has 1 aromatic carbocycles. The van der Waals surface area contributed by atoms with Crippen LogP contribution in [0.15, 0.2) is 18.2 Å². The summed E-state index contributed by atoms with van der Waals surface area (Å²) in [4.78, 5) is 11.6. The van der Waals surface area contributed by atoms with Crippen molar-refractivity contribution in [3.63, 3.8) is 0 Å². The molecule has 4 nitrogen and oxygen atoms in total. The summed E-state index contributed by atoms with van der Waals surface area (Å²) in [5, 5.41) is -0.312. The fourth-order valence-corrected chi connectivity index (χ4v) is 1.56. The van der Waals surface area contributed by atoms with Gasteiger partial charge in [0.25, 0.3) is 0 Å². The number of carbonyl (C=O) groups is 1. The summed E-state index contributed by atoms with van der Waals surface area (Å²) in [5.41, 5.74) is 0.454. The summed E-state index contributed by atoms with van der Waals surface area (Å²) >= 11 is 3.15. The fraction of sp³-hybridized carbons (Fsp3) is 0.364. The van der Waals surface area contributed by atoms with E-state index in [-0.39, 0.29) is 11.0 Å². The van der Waals surface area contributed by atoms with Crippen LogP contribution in [0.1, 0.15) is 17.3 Å². The largest absolute Gasteiger partial charge is 0.486 e. The van der Waals surface area contributed by atoms with Crippen LogP contribution in [0.25, 0.3) is 0 Å². The van der Waals surface area contributed by atoms with Crippen molar-refractivity contribution in [2.75, 3.05) is 13.2 Å². The highest BCUT2D eigenvalue weighted by molar-refractivity contribution is 9.09. The van der Waals surface area contributed by atoms with Gasteiger partial charge >= 0.3 is 5.97 Å². The number of halogens is 1. The maximum atomic E-state index is 11.6. The molecule has 5 heteroatoms. The molecule has 0 radical (unpaired) electrons. The molecule has 0 saturated heterocycles. The minimum absolute atomic E-state index is 0.312. The van der Waals surface area contributed by atoms with E-state index in [0.717, 1.165) is 0 Å². The molecule has 0 bridgehead atoms. The van der Waals surface area contributed by atoms with E-state index in [1.807, 2.05) is 0 Å². The van der Waals surface area contributed by atoms with Crippen molar-refractivity contribution in [2.24, 2.45) is 0 Å². The first-order valence-electron chi connectivity index (χ1n) is 4.91. The number of fused-ring (bicyclic) bond motifs is 1. The van der Waals surface area contributed by atoms with Gasteiger partial charge in [-0.1, -0.05) is 0 Å². The Labute approximate surface area is 102 Å². The van der Waals surface area contributed by atoms with Gasteiger partial charge in [-0.05, 0) is 41.1 Å². The maximum absolute atomic E-state index is 11.6. The Balaban J connectivity index is 2.19. The highest BCUT2D eigenvalue weighted by Gasteiger charge is 2.16. The van der Waals surface area contributed by atoms with Gasteiger partial charge in [0.05, 0.1) is 5.56 Å². The first-order chi connectivity index (χ1) is 7.66. The molecule has 0 aliphatic carbocycles. The first-order valence-corrected chi connectivity index (χ1v) is 5.83. The van der Waals surface area contributed by atoms with E-state index < -0.39 is 0 Å². The highest BCUT2D eigenvalue weighted by atomic mass is 79.9. The van der Waals surface area contributed by atoms with Crippen molar-refractivity contribution in [1.82, 2.24) is 0 Å². The summed E-state index contributed by atoms with van der Waals surface area (Å²) in [5.74, 6) is 0.860. The minimum Gasteiger partial charge on any atom is -0.486 e. The lowest BCUT2D eigenvalue weighted by Crippen LogP contribution is -2.16. The van der Waals surface area contributed by atoms with Crippen LogP contribution >= 0.6 is 15.9 Å². The number of benzene rings is 1. The van der Waals surface area contributed by atoms with E-state index >= 15 is 0 Å². The molecule has 0 spiro atoms. The molecule has 0 amide bonds. The Hall–Kier alpha value is -1.23. The second-order valence-electron chi connectivity index (χ2n) is 3.31. The monoisotopic (exact) mass is 286 g/mol. The van der Waals surface area contributed by atoms with Gasteiger partial charge in [-0.3, -0.25) is 0 Å². The van der Waals surface area contributed by atoms with E-state index in [4.69, 9.17) is 14.2 Å². The summed E-state index contributed by atoms with van der Waals surface area (Å²) in [6.45, 7) is 2.77.